The SMILES string of the molecule is O=C(c1ccc(-c2ccco2)cc1)N(C1CC1)C1CCc2[nH]ncc2C1. The summed E-state index contributed by atoms with van der Waals surface area (Å²) in [5, 5.41) is 7.24. The van der Waals surface area contributed by atoms with E-state index in [0.29, 0.717) is 6.04 Å². The molecule has 0 saturated heterocycles. The molecule has 1 amide bonds. The van der Waals surface area contributed by atoms with Crippen molar-refractivity contribution in [3.05, 3.63) is 65.7 Å². The van der Waals surface area contributed by atoms with Crippen molar-refractivity contribution in [3.8, 4) is 11.3 Å². The van der Waals surface area contributed by atoms with Gasteiger partial charge in [0.15, 0.2) is 0 Å². The molecule has 3 aromatic rings. The predicted octanol–water partition coefficient (Wildman–Crippen LogP) is 3.83. The van der Waals surface area contributed by atoms with E-state index in [1.54, 1.807) is 6.26 Å². The van der Waals surface area contributed by atoms with Crippen LogP contribution in [0.3, 0.4) is 0 Å². The number of hydrogen-bond donors (Lipinski definition) is 1. The smallest absolute Gasteiger partial charge is 0.254 e. The minimum Gasteiger partial charge on any atom is -0.464 e. The molecule has 2 aromatic heterocycles. The maximum absolute atomic E-state index is 13.3. The number of rotatable bonds is 4. The molecule has 0 radical (unpaired) electrons. The number of nitrogens with one attached hydrogen (secondary N) is 1. The molecule has 132 valence electrons. The van der Waals surface area contributed by atoms with Gasteiger partial charge in [-0.2, -0.15) is 5.10 Å². The van der Waals surface area contributed by atoms with Gasteiger partial charge in [0.25, 0.3) is 5.91 Å². The van der Waals surface area contributed by atoms with Gasteiger partial charge in [0.05, 0.1) is 12.5 Å². The second-order valence-corrected chi connectivity index (χ2v) is 7.27. The third kappa shape index (κ3) is 2.73. The number of carbonyl (C=O) groups is 1. The zero-order valence-corrected chi connectivity index (χ0v) is 14.5. The van der Waals surface area contributed by atoms with Crippen LogP contribution in [-0.2, 0) is 12.8 Å². The first-order chi connectivity index (χ1) is 12.8. The minimum atomic E-state index is 0.149. The zero-order chi connectivity index (χ0) is 17.5. The normalized spacial score (nSPS) is 19.2. The number of aromatic nitrogens is 2. The van der Waals surface area contributed by atoms with Crippen molar-refractivity contribution in [1.29, 1.82) is 0 Å². The summed E-state index contributed by atoms with van der Waals surface area (Å²) in [5.74, 6) is 0.971. The van der Waals surface area contributed by atoms with Crippen molar-refractivity contribution in [2.45, 2.75) is 44.2 Å². The molecule has 1 saturated carbocycles. The number of fused-ring (bicyclic) bond motifs is 1. The second kappa shape index (κ2) is 6.16. The molecule has 2 heterocycles. The fourth-order valence-electron chi connectivity index (χ4n) is 3.99. The van der Waals surface area contributed by atoms with Gasteiger partial charge in [0.2, 0.25) is 0 Å². The number of aromatic amines is 1. The summed E-state index contributed by atoms with van der Waals surface area (Å²) in [7, 11) is 0. The van der Waals surface area contributed by atoms with E-state index in [-0.39, 0.29) is 11.9 Å². The van der Waals surface area contributed by atoms with E-state index in [0.717, 1.165) is 49.0 Å². The number of H-pyrrole nitrogens is 1. The summed E-state index contributed by atoms with van der Waals surface area (Å²) in [4.78, 5) is 15.4. The van der Waals surface area contributed by atoms with Crippen LogP contribution < -0.4 is 0 Å². The van der Waals surface area contributed by atoms with Gasteiger partial charge < -0.3 is 9.32 Å². The van der Waals surface area contributed by atoms with Crippen LogP contribution in [0.4, 0.5) is 0 Å². The van der Waals surface area contributed by atoms with Crippen LogP contribution in [0.15, 0.2) is 53.3 Å². The van der Waals surface area contributed by atoms with Gasteiger partial charge in [-0.15, -0.1) is 0 Å². The van der Waals surface area contributed by atoms with E-state index in [4.69, 9.17) is 4.42 Å². The first kappa shape index (κ1) is 15.4. The minimum absolute atomic E-state index is 0.149. The van der Waals surface area contributed by atoms with E-state index >= 15 is 0 Å². The molecule has 1 atom stereocenters. The van der Waals surface area contributed by atoms with E-state index in [2.05, 4.69) is 15.1 Å². The van der Waals surface area contributed by atoms with Gasteiger partial charge in [-0.25, -0.2) is 0 Å². The molecular weight excluding hydrogens is 326 g/mol. The second-order valence-electron chi connectivity index (χ2n) is 7.27. The number of nitrogens with zero attached hydrogens (tertiary/aromatic N) is 2. The molecule has 26 heavy (non-hydrogen) atoms. The molecule has 1 fully saturated rings. The summed E-state index contributed by atoms with van der Waals surface area (Å²) in [6.07, 6.45) is 8.68. The van der Waals surface area contributed by atoms with Crippen LogP contribution in [0, 0.1) is 0 Å². The molecule has 0 aliphatic heterocycles. The van der Waals surface area contributed by atoms with E-state index in [1.165, 1.54) is 11.3 Å². The van der Waals surface area contributed by atoms with Crippen molar-refractivity contribution in [1.82, 2.24) is 15.1 Å². The molecule has 1 N–H and O–H groups in total. The summed E-state index contributed by atoms with van der Waals surface area (Å²) >= 11 is 0. The first-order valence-corrected chi connectivity index (χ1v) is 9.27. The van der Waals surface area contributed by atoms with Crippen LogP contribution >= 0.6 is 0 Å². The highest BCUT2D eigenvalue weighted by atomic mass is 16.3. The summed E-state index contributed by atoms with van der Waals surface area (Å²) in [5.41, 5.74) is 4.23. The van der Waals surface area contributed by atoms with Gasteiger partial charge in [0.1, 0.15) is 5.76 Å². The Hall–Kier alpha value is -2.82. The van der Waals surface area contributed by atoms with Crippen LogP contribution in [0.2, 0.25) is 0 Å². The summed E-state index contributed by atoms with van der Waals surface area (Å²) < 4.78 is 5.43. The van der Waals surface area contributed by atoms with Crippen molar-refractivity contribution in [2.24, 2.45) is 0 Å². The summed E-state index contributed by atoms with van der Waals surface area (Å²) in [6, 6.07) is 12.2. The Kier molecular flexibility index (Phi) is 3.66. The Morgan fingerprint density at radius 2 is 1.96 bits per heavy atom. The summed E-state index contributed by atoms with van der Waals surface area (Å²) in [6.45, 7) is 0. The van der Waals surface area contributed by atoms with Gasteiger partial charge in [0, 0.05) is 28.9 Å². The van der Waals surface area contributed by atoms with Gasteiger partial charge >= 0.3 is 0 Å². The lowest BCUT2D eigenvalue weighted by Crippen LogP contribution is -2.44. The lowest BCUT2D eigenvalue weighted by Gasteiger charge is -2.34. The average molecular weight is 347 g/mol. The number of carbonyl (C=O) groups excluding carboxylic acids is 1. The largest absolute Gasteiger partial charge is 0.464 e. The standard InChI is InChI=1S/C21H21N3O2/c25-21(15-5-3-14(4-6-15)20-2-1-11-26-20)24(17-7-8-17)18-9-10-19-16(12-18)13-22-23-19/h1-6,11,13,17-18H,7-10,12H2,(H,22,23). The third-order valence-electron chi connectivity index (χ3n) is 5.50. The number of furan rings is 1. The van der Waals surface area contributed by atoms with E-state index in [1.807, 2.05) is 42.6 Å². The predicted molar refractivity (Wildman–Crippen MR) is 97.7 cm³/mol. The lowest BCUT2D eigenvalue weighted by atomic mass is 9.91. The maximum Gasteiger partial charge on any atom is 0.254 e. The Labute approximate surface area is 152 Å². The van der Waals surface area contributed by atoms with Crippen LogP contribution in [0.5, 0.6) is 0 Å². The Balaban J connectivity index is 1.39. The van der Waals surface area contributed by atoms with Crippen molar-refractivity contribution >= 4 is 5.91 Å². The first-order valence-electron chi connectivity index (χ1n) is 9.27. The Morgan fingerprint density at radius 1 is 1.12 bits per heavy atom. The lowest BCUT2D eigenvalue weighted by molar-refractivity contribution is 0.0643. The molecule has 5 heteroatoms. The van der Waals surface area contributed by atoms with Gasteiger partial charge in [-0.05, 0) is 61.9 Å². The highest BCUT2D eigenvalue weighted by Gasteiger charge is 2.39. The Morgan fingerprint density at radius 3 is 2.69 bits per heavy atom. The molecule has 0 spiro atoms. The zero-order valence-electron chi connectivity index (χ0n) is 14.5. The maximum atomic E-state index is 13.3. The quantitative estimate of drug-likeness (QED) is 0.780. The van der Waals surface area contributed by atoms with Crippen molar-refractivity contribution in [2.75, 3.05) is 0 Å². The van der Waals surface area contributed by atoms with Crippen LogP contribution in [0.25, 0.3) is 11.3 Å². The van der Waals surface area contributed by atoms with Crippen molar-refractivity contribution < 1.29 is 9.21 Å². The van der Waals surface area contributed by atoms with Crippen LogP contribution in [0.1, 0.15) is 40.9 Å². The number of aryl methyl sites for hydroxylation is 1. The molecule has 1 unspecified atom stereocenters. The van der Waals surface area contributed by atoms with Crippen molar-refractivity contribution in [3.63, 3.8) is 0 Å². The molecular formula is C21H21N3O2. The van der Waals surface area contributed by atoms with E-state index in [9.17, 15) is 4.79 Å². The molecule has 5 rings (SSSR count). The fourth-order valence-corrected chi connectivity index (χ4v) is 3.99. The van der Waals surface area contributed by atoms with Gasteiger partial charge in [-0.3, -0.25) is 9.89 Å². The monoisotopic (exact) mass is 347 g/mol. The number of benzene rings is 1. The molecule has 0 bridgehead atoms. The highest BCUT2D eigenvalue weighted by molar-refractivity contribution is 5.95. The third-order valence-corrected chi connectivity index (χ3v) is 5.50. The van der Waals surface area contributed by atoms with Gasteiger partial charge in [-0.1, -0.05) is 12.1 Å². The average Bonchev–Trinajstić information content (AvgIpc) is 3.17. The number of hydrogen-bond acceptors (Lipinski definition) is 3. The molecule has 1 aromatic carbocycles. The van der Waals surface area contributed by atoms with E-state index < -0.39 is 0 Å². The highest BCUT2D eigenvalue weighted by Crippen LogP contribution is 2.34. The molecule has 2 aliphatic carbocycles. The topological polar surface area (TPSA) is 62.1 Å². The Bertz CT molecular complexity index is 907. The molecule has 5 nitrogen and oxygen atoms in total. The fraction of sp³-hybridized carbons (Fsp3) is 0.333. The number of amides is 1. The van der Waals surface area contributed by atoms with Crippen LogP contribution in [-0.4, -0.2) is 33.1 Å². The molecule has 2 aliphatic rings.